The van der Waals surface area contributed by atoms with E-state index in [-0.39, 0.29) is 23.5 Å². The summed E-state index contributed by atoms with van der Waals surface area (Å²) in [6, 6.07) is 7.45. The molecule has 0 saturated heterocycles. The molecular weight excluding hydrogens is 340 g/mol. The number of carbonyl (C=O) groups is 1. The van der Waals surface area contributed by atoms with Gasteiger partial charge in [-0.1, -0.05) is 23.9 Å². The highest BCUT2D eigenvalue weighted by Crippen LogP contribution is 2.44. The molecule has 25 heavy (non-hydrogen) atoms. The van der Waals surface area contributed by atoms with Gasteiger partial charge < -0.3 is 10.5 Å². The van der Waals surface area contributed by atoms with Crippen molar-refractivity contribution in [3.63, 3.8) is 0 Å². The van der Waals surface area contributed by atoms with E-state index in [0.29, 0.717) is 17.1 Å². The van der Waals surface area contributed by atoms with E-state index in [2.05, 4.69) is 10.1 Å². The Labute approximate surface area is 149 Å². The molecule has 1 amide bonds. The predicted octanol–water partition coefficient (Wildman–Crippen LogP) is 2.51. The number of fused-ring (bicyclic) bond motifs is 1. The molecule has 8 heteroatoms. The summed E-state index contributed by atoms with van der Waals surface area (Å²) in [4.78, 5) is 28.0. The third kappa shape index (κ3) is 3.48. The summed E-state index contributed by atoms with van der Waals surface area (Å²) in [5.41, 5.74) is 6.53. The fourth-order valence-corrected chi connectivity index (χ4v) is 3.83. The van der Waals surface area contributed by atoms with Crippen molar-refractivity contribution >= 4 is 28.5 Å². The van der Waals surface area contributed by atoms with Crippen LogP contribution in [0.1, 0.15) is 43.2 Å². The molecule has 3 rings (SSSR count). The largest absolute Gasteiger partial charge is 0.484 e. The van der Waals surface area contributed by atoms with Gasteiger partial charge in [-0.15, -0.1) is 0 Å². The van der Waals surface area contributed by atoms with Crippen LogP contribution in [0.4, 0.5) is 5.82 Å². The summed E-state index contributed by atoms with van der Waals surface area (Å²) >= 11 is 1.52. The van der Waals surface area contributed by atoms with E-state index < -0.39 is 5.91 Å². The van der Waals surface area contributed by atoms with Crippen LogP contribution in [0.3, 0.4) is 0 Å². The van der Waals surface area contributed by atoms with E-state index in [4.69, 9.17) is 10.5 Å². The Balaban J connectivity index is 2.03. The third-order valence-corrected chi connectivity index (χ3v) is 4.98. The first-order valence-electron chi connectivity index (χ1n) is 7.94. The van der Waals surface area contributed by atoms with Crippen LogP contribution in [-0.2, 0) is 4.79 Å². The maximum absolute atomic E-state index is 12.5. The molecule has 2 aromatic rings. The highest BCUT2D eigenvalue weighted by Gasteiger charge is 2.30. The van der Waals surface area contributed by atoms with Crippen LogP contribution < -0.4 is 16.0 Å². The van der Waals surface area contributed by atoms with E-state index >= 15 is 0 Å². The normalized spacial score (nSPS) is 16.5. The molecule has 3 N–H and O–H groups in total. The van der Waals surface area contributed by atoms with Gasteiger partial charge in [0, 0.05) is 6.04 Å². The van der Waals surface area contributed by atoms with Crippen LogP contribution in [0.25, 0.3) is 0 Å². The van der Waals surface area contributed by atoms with Gasteiger partial charge in [-0.25, -0.2) is 4.99 Å². The number of hydrogen-bond donors (Lipinski definition) is 2. The number of ether oxygens (including phenoxy) is 1. The summed E-state index contributed by atoms with van der Waals surface area (Å²) in [6.07, 6.45) is 0. The summed E-state index contributed by atoms with van der Waals surface area (Å²) in [5.74, 6) is 0.677. The van der Waals surface area contributed by atoms with Crippen molar-refractivity contribution in [3.05, 3.63) is 45.7 Å². The quantitative estimate of drug-likeness (QED) is 0.855. The van der Waals surface area contributed by atoms with Crippen molar-refractivity contribution in [1.29, 1.82) is 0 Å². The average molecular weight is 360 g/mol. The Morgan fingerprint density at radius 3 is 2.92 bits per heavy atom. The highest BCUT2D eigenvalue weighted by atomic mass is 32.2. The van der Waals surface area contributed by atoms with Crippen molar-refractivity contribution in [2.45, 2.75) is 32.1 Å². The third-order valence-electron chi connectivity index (χ3n) is 3.81. The Hall–Kier alpha value is -2.48. The SMILES string of the molecule is CC1=Nc2c(c(=O)[nH]n2C(C)C)C(c2cccc(OCC(N)=O)c2)S1. The number of nitrogens with zero attached hydrogens (tertiary/aromatic N) is 2. The molecule has 1 aromatic carbocycles. The molecule has 1 aliphatic heterocycles. The Morgan fingerprint density at radius 1 is 1.48 bits per heavy atom. The monoisotopic (exact) mass is 360 g/mol. The number of nitrogens with two attached hydrogens (primary N) is 1. The molecule has 1 atom stereocenters. The number of hydrogen-bond acceptors (Lipinski definition) is 5. The number of thioether (sulfide) groups is 1. The zero-order valence-corrected chi connectivity index (χ0v) is 15.1. The van der Waals surface area contributed by atoms with Gasteiger partial charge in [0.15, 0.2) is 12.4 Å². The van der Waals surface area contributed by atoms with Crippen LogP contribution in [0.5, 0.6) is 5.75 Å². The van der Waals surface area contributed by atoms with Crippen molar-refractivity contribution in [2.24, 2.45) is 10.7 Å². The first-order chi connectivity index (χ1) is 11.9. The number of primary amides is 1. The van der Waals surface area contributed by atoms with Crippen LogP contribution in [-0.4, -0.2) is 27.3 Å². The van der Waals surface area contributed by atoms with Crippen molar-refractivity contribution in [3.8, 4) is 5.75 Å². The Kier molecular flexibility index (Phi) is 4.71. The van der Waals surface area contributed by atoms with Crippen LogP contribution in [0, 0.1) is 0 Å². The Bertz CT molecular complexity index is 898. The molecule has 0 radical (unpaired) electrons. The summed E-state index contributed by atoms with van der Waals surface area (Å²) in [5, 5.41) is 3.57. The minimum atomic E-state index is -0.534. The summed E-state index contributed by atoms with van der Waals surface area (Å²) in [6.45, 7) is 5.74. The lowest BCUT2D eigenvalue weighted by molar-refractivity contribution is -0.119. The molecule has 1 unspecified atom stereocenters. The molecular formula is C17H20N4O3S. The zero-order valence-electron chi connectivity index (χ0n) is 14.3. The fourth-order valence-electron chi connectivity index (χ4n) is 2.74. The summed E-state index contributed by atoms with van der Waals surface area (Å²) < 4.78 is 7.18. The van der Waals surface area contributed by atoms with Gasteiger partial charge in [0.05, 0.1) is 15.9 Å². The van der Waals surface area contributed by atoms with Gasteiger partial charge in [-0.2, -0.15) is 0 Å². The van der Waals surface area contributed by atoms with Crippen molar-refractivity contribution in [1.82, 2.24) is 9.78 Å². The lowest BCUT2D eigenvalue weighted by Crippen LogP contribution is -2.20. The van der Waals surface area contributed by atoms with E-state index in [0.717, 1.165) is 10.6 Å². The number of carbonyl (C=O) groups excluding carboxylic acids is 1. The molecule has 1 aliphatic rings. The summed E-state index contributed by atoms with van der Waals surface area (Å²) in [7, 11) is 0. The highest BCUT2D eigenvalue weighted by molar-refractivity contribution is 8.14. The molecule has 132 valence electrons. The van der Waals surface area contributed by atoms with Crippen molar-refractivity contribution < 1.29 is 9.53 Å². The Morgan fingerprint density at radius 2 is 2.24 bits per heavy atom. The topological polar surface area (TPSA) is 102 Å². The van der Waals surface area contributed by atoms with E-state index in [1.807, 2.05) is 39.0 Å². The van der Waals surface area contributed by atoms with Crippen LogP contribution in [0.15, 0.2) is 34.1 Å². The lowest BCUT2D eigenvalue weighted by atomic mass is 10.1. The standard InChI is InChI=1S/C17H20N4O3S/c1-9(2)21-16-14(17(23)20-21)15(25-10(3)19-16)11-5-4-6-12(7-11)24-8-13(18)22/h4-7,9,15H,8H2,1-3H3,(H2,18,22)(H,20,23). The molecule has 0 bridgehead atoms. The van der Waals surface area contributed by atoms with E-state index in [9.17, 15) is 9.59 Å². The first-order valence-corrected chi connectivity index (χ1v) is 8.82. The minimum Gasteiger partial charge on any atom is -0.484 e. The minimum absolute atomic E-state index is 0.0991. The molecule has 2 heterocycles. The second-order valence-corrected chi connectivity index (χ2v) is 7.40. The van der Waals surface area contributed by atoms with E-state index in [1.165, 1.54) is 11.8 Å². The fraction of sp³-hybridized carbons (Fsp3) is 0.353. The predicted molar refractivity (Wildman–Crippen MR) is 98.8 cm³/mol. The van der Waals surface area contributed by atoms with Gasteiger partial charge in [0.2, 0.25) is 0 Å². The second kappa shape index (κ2) is 6.79. The maximum atomic E-state index is 12.5. The average Bonchev–Trinajstić information content (AvgIpc) is 2.89. The lowest BCUT2D eigenvalue weighted by Gasteiger charge is -2.22. The smallest absolute Gasteiger partial charge is 0.271 e. The van der Waals surface area contributed by atoms with Crippen molar-refractivity contribution in [2.75, 3.05) is 6.61 Å². The second-order valence-electron chi connectivity index (χ2n) is 6.10. The van der Waals surface area contributed by atoms with Gasteiger partial charge in [0.25, 0.3) is 11.5 Å². The maximum Gasteiger partial charge on any atom is 0.271 e. The van der Waals surface area contributed by atoms with Gasteiger partial charge in [0.1, 0.15) is 5.75 Å². The number of aromatic amines is 1. The number of benzene rings is 1. The number of H-pyrrole nitrogens is 1. The van der Waals surface area contributed by atoms with Crippen LogP contribution >= 0.6 is 11.8 Å². The molecule has 1 aromatic heterocycles. The molecule has 0 spiro atoms. The van der Waals surface area contributed by atoms with Gasteiger partial charge in [-0.05, 0) is 38.5 Å². The first kappa shape index (κ1) is 17.3. The number of rotatable bonds is 5. The number of nitrogens with one attached hydrogen (secondary N) is 1. The zero-order chi connectivity index (χ0) is 18.1. The van der Waals surface area contributed by atoms with Gasteiger partial charge >= 0.3 is 0 Å². The van der Waals surface area contributed by atoms with E-state index in [1.54, 1.807) is 10.7 Å². The number of aromatic nitrogens is 2. The molecule has 0 fully saturated rings. The molecule has 7 nitrogen and oxygen atoms in total. The molecule has 0 saturated carbocycles. The molecule has 0 aliphatic carbocycles. The van der Waals surface area contributed by atoms with Crippen LogP contribution in [0.2, 0.25) is 0 Å². The van der Waals surface area contributed by atoms with Gasteiger partial charge in [-0.3, -0.25) is 19.4 Å². The number of aliphatic imine (C=N–C) groups is 1. The number of amides is 1.